The summed E-state index contributed by atoms with van der Waals surface area (Å²) in [5.41, 5.74) is 0.815. The molecular weight excluding hydrogens is 300 g/mol. The summed E-state index contributed by atoms with van der Waals surface area (Å²) in [6.45, 7) is 4.86. The van der Waals surface area contributed by atoms with Gasteiger partial charge in [-0.3, -0.25) is 9.69 Å². The Morgan fingerprint density at radius 3 is 2.54 bits per heavy atom. The maximum Gasteiger partial charge on any atom is 0.253 e. The Labute approximate surface area is 145 Å². The third kappa shape index (κ3) is 4.17. The summed E-state index contributed by atoms with van der Waals surface area (Å²) >= 11 is 0. The Morgan fingerprint density at radius 1 is 1.08 bits per heavy atom. The van der Waals surface area contributed by atoms with E-state index in [-0.39, 0.29) is 5.91 Å². The lowest BCUT2D eigenvalue weighted by Crippen LogP contribution is -2.49. The van der Waals surface area contributed by atoms with Crippen molar-refractivity contribution < 1.29 is 9.53 Å². The molecule has 1 atom stereocenters. The minimum Gasteiger partial charge on any atom is -0.383 e. The van der Waals surface area contributed by atoms with Crippen LogP contribution >= 0.6 is 0 Å². The largest absolute Gasteiger partial charge is 0.383 e. The number of likely N-dealkylation sites (tertiary alicyclic amines) is 2. The molecule has 4 heteroatoms. The van der Waals surface area contributed by atoms with E-state index < -0.39 is 0 Å². The Bertz CT molecular complexity index is 512. The highest BCUT2D eigenvalue weighted by Crippen LogP contribution is 2.30. The maximum absolute atomic E-state index is 12.6. The van der Waals surface area contributed by atoms with Gasteiger partial charge in [0.25, 0.3) is 5.91 Å². The molecule has 132 valence electrons. The van der Waals surface area contributed by atoms with E-state index in [2.05, 4.69) is 4.90 Å². The highest BCUT2D eigenvalue weighted by molar-refractivity contribution is 5.94. The quantitative estimate of drug-likeness (QED) is 0.832. The number of amides is 1. The average molecular weight is 330 g/mol. The van der Waals surface area contributed by atoms with Crippen LogP contribution in [-0.4, -0.2) is 61.6 Å². The van der Waals surface area contributed by atoms with E-state index in [9.17, 15) is 4.79 Å². The van der Waals surface area contributed by atoms with Gasteiger partial charge in [-0.1, -0.05) is 24.6 Å². The molecule has 0 bridgehead atoms. The molecule has 0 aromatic heterocycles. The van der Waals surface area contributed by atoms with Crippen molar-refractivity contribution in [3.8, 4) is 0 Å². The third-order valence-corrected chi connectivity index (χ3v) is 5.64. The molecule has 1 aromatic carbocycles. The summed E-state index contributed by atoms with van der Waals surface area (Å²) in [5, 5.41) is 0. The van der Waals surface area contributed by atoms with Crippen molar-refractivity contribution in [1.29, 1.82) is 0 Å². The fourth-order valence-corrected chi connectivity index (χ4v) is 4.29. The molecule has 4 nitrogen and oxygen atoms in total. The van der Waals surface area contributed by atoms with Gasteiger partial charge in [0, 0.05) is 38.3 Å². The molecule has 1 amide bonds. The first-order valence-electron chi connectivity index (χ1n) is 9.37. The lowest BCUT2D eigenvalue weighted by molar-refractivity contribution is 0.0374. The number of nitrogens with zero attached hydrogens (tertiary/aromatic N) is 2. The molecule has 0 spiro atoms. The molecule has 24 heavy (non-hydrogen) atoms. The molecule has 3 rings (SSSR count). The summed E-state index contributed by atoms with van der Waals surface area (Å²) in [6, 6.07) is 10.4. The van der Waals surface area contributed by atoms with Crippen LogP contribution in [0.5, 0.6) is 0 Å². The predicted octanol–water partition coefficient (Wildman–Crippen LogP) is 3.04. The van der Waals surface area contributed by atoms with E-state index in [1.54, 1.807) is 7.11 Å². The summed E-state index contributed by atoms with van der Waals surface area (Å²) in [6.07, 6.45) is 6.23. The summed E-state index contributed by atoms with van der Waals surface area (Å²) in [7, 11) is 1.78. The SMILES string of the molecule is COCCN1CCCC[C@H]1C1CCN(C(=O)c2ccccc2)CC1. The second kappa shape index (κ2) is 8.63. The van der Waals surface area contributed by atoms with Crippen LogP contribution in [0.15, 0.2) is 30.3 Å². The number of hydrogen-bond acceptors (Lipinski definition) is 3. The highest BCUT2D eigenvalue weighted by atomic mass is 16.5. The maximum atomic E-state index is 12.6. The molecule has 2 heterocycles. The average Bonchev–Trinajstić information content (AvgIpc) is 2.67. The van der Waals surface area contributed by atoms with Crippen molar-refractivity contribution >= 4 is 5.91 Å². The fourth-order valence-electron chi connectivity index (χ4n) is 4.29. The number of carbonyl (C=O) groups excluding carboxylic acids is 1. The van der Waals surface area contributed by atoms with Crippen LogP contribution in [0.3, 0.4) is 0 Å². The fraction of sp³-hybridized carbons (Fsp3) is 0.650. The second-order valence-electron chi connectivity index (χ2n) is 7.09. The zero-order valence-electron chi connectivity index (χ0n) is 14.8. The summed E-state index contributed by atoms with van der Waals surface area (Å²) < 4.78 is 5.28. The topological polar surface area (TPSA) is 32.8 Å². The highest BCUT2D eigenvalue weighted by Gasteiger charge is 2.33. The van der Waals surface area contributed by atoms with Crippen LogP contribution in [0.2, 0.25) is 0 Å². The second-order valence-corrected chi connectivity index (χ2v) is 7.09. The van der Waals surface area contributed by atoms with Gasteiger partial charge in [0.1, 0.15) is 0 Å². The molecule has 2 aliphatic rings. The minimum absolute atomic E-state index is 0.189. The molecule has 0 unspecified atom stereocenters. The Kier molecular flexibility index (Phi) is 6.27. The van der Waals surface area contributed by atoms with Crippen LogP contribution in [-0.2, 0) is 4.74 Å². The van der Waals surface area contributed by atoms with Gasteiger partial charge in [0.2, 0.25) is 0 Å². The molecular formula is C20H30N2O2. The zero-order chi connectivity index (χ0) is 16.8. The van der Waals surface area contributed by atoms with Crippen molar-refractivity contribution in [3.63, 3.8) is 0 Å². The number of methoxy groups -OCH3 is 1. The smallest absolute Gasteiger partial charge is 0.253 e. The van der Waals surface area contributed by atoms with Gasteiger partial charge < -0.3 is 9.64 Å². The van der Waals surface area contributed by atoms with Gasteiger partial charge >= 0.3 is 0 Å². The van der Waals surface area contributed by atoms with Crippen LogP contribution in [0, 0.1) is 5.92 Å². The van der Waals surface area contributed by atoms with Gasteiger partial charge in [-0.05, 0) is 50.3 Å². The van der Waals surface area contributed by atoms with Crippen molar-refractivity contribution in [2.75, 3.05) is 39.9 Å². The van der Waals surface area contributed by atoms with Gasteiger partial charge in [-0.15, -0.1) is 0 Å². The zero-order valence-corrected chi connectivity index (χ0v) is 14.8. The van der Waals surface area contributed by atoms with E-state index in [0.717, 1.165) is 50.6 Å². The van der Waals surface area contributed by atoms with E-state index in [1.165, 1.54) is 25.8 Å². The van der Waals surface area contributed by atoms with Crippen molar-refractivity contribution in [2.45, 2.75) is 38.1 Å². The number of rotatable bonds is 5. The van der Waals surface area contributed by atoms with E-state index in [4.69, 9.17) is 4.74 Å². The molecule has 2 aliphatic heterocycles. The summed E-state index contributed by atoms with van der Waals surface area (Å²) in [5.74, 6) is 0.913. The van der Waals surface area contributed by atoms with Gasteiger partial charge in [-0.25, -0.2) is 0 Å². The van der Waals surface area contributed by atoms with Crippen molar-refractivity contribution in [1.82, 2.24) is 9.80 Å². The molecule has 0 N–H and O–H groups in total. The number of hydrogen-bond donors (Lipinski definition) is 0. The Morgan fingerprint density at radius 2 is 1.83 bits per heavy atom. The first-order chi connectivity index (χ1) is 11.8. The minimum atomic E-state index is 0.189. The number of piperidine rings is 2. The van der Waals surface area contributed by atoms with Gasteiger partial charge in [-0.2, -0.15) is 0 Å². The first kappa shape index (κ1) is 17.4. The number of carbonyl (C=O) groups is 1. The van der Waals surface area contributed by atoms with Crippen LogP contribution in [0.1, 0.15) is 42.5 Å². The molecule has 0 aliphatic carbocycles. The number of benzene rings is 1. The molecule has 0 saturated carbocycles. The molecule has 2 fully saturated rings. The van der Waals surface area contributed by atoms with Crippen LogP contribution in [0.4, 0.5) is 0 Å². The molecule has 2 saturated heterocycles. The van der Waals surface area contributed by atoms with Crippen molar-refractivity contribution in [2.24, 2.45) is 5.92 Å². The monoisotopic (exact) mass is 330 g/mol. The Balaban J connectivity index is 1.55. The van der Waals surface area contributed by atoms with E-state index >= 15 is 0 Å². The van der Waals surface area contributed by atoms with Gasteiger partial charge in [0.15, 0.2) is 0 Å². The summed E-state index contributed by atoms with van der Waals surface area (Å²) in [4.78, 5) is 17.3. The van der Waals surface area contributed by atoms with Crippen LogP contribution < -0.4 is 0 Å². The normalized spacial score (nSPS) is 23.4. The molecule has 0 radical (unpaired) electrons. The molecule has 1 aromatic rings. The lowest BCUT2D eigenvalue weighted by Gasteiger charge is -2.43. The lowest BCUT2D eigenvalue weighted by atomic mass is 9.83. The Hall–Kier alpha value is -1.39. The predicted molar refractivity (Wildman–Crippen MR) is 96.2 cm³/mol. The van der Waals surface area contributed by atoms with Crippen molar-refractivity contribution in [3.05, 3.63) is 35.9 Å². The first-order valence-corrected chi connectivity index (χ1v) is 9.37. The standard InChI is InChI=1S/C20H30N2O2/c1-24-16-15-21-12-6-5-9-19(21)17-10-13-22(14-11-17)20(23)18-7-3-2-4-8-18/h2-4,7-8,17,19H,5-6,9-16H2,1H3/t19-/m0/s1. The van der Waals surface area contributed by atoms with E-state index in [0.29, 0.717) is 6.04 Å². The number of ether oxygens (including phenoxy) is 1. The van der Waals surface area contributed by atoms with E-state index in [1.807, 2.05) is 35.2 Å². The van der Waals surface area contributed by atoms with Crippen LogP contribution in [0.25, 0.3) is 0 Å². The van der Waals surface area contributed by atoms with Gasteiger partial charge in [0.05, 0.1) is 6.61 Å². The third-order valence-electron chi connectivity index (χ3n) is 5.64.